The van der Waals surface area contributed by atoms with Crippen LogP contribution >= 0.6 is 43.5 Å². The molecule has 0 fully saturated rings. The lowest BCUT2D eigenvalue weighted by molar-refractivity contribution is -0.118. The number of rotatable bonds is 7. The fraction of sp³-hybridized carbons (Fsp3) is 0.0769. The van der Waals surface area contributed by atoms with Gasteiger partial charge in [-0.2, -0.15) is 0 Å². The van der Waals surface area contributed by atoms with Crippen LogP contribution in [0, 0.1) is 6.92 Å². The number of nitrogens with two attached hydrogens (primary N) is 1. The van der Waals surface area contributed by atoms with E-state index in [2.05, 4.69) is 37.2 Å². The molecule has 0 atom stereocenters. The Labute approximate surface area is 235 Å². The lowest BCUT2D eigenvalue weighted by atomic mass is 9.96. The van der Waals surface area contributed by atoms with Gasteiger partial charge in [-0.1, -0.05) is 55.6 Å². The molecule has 0 bridgehead atoms. The summed E-state index contributed by atoms with van der Waals surface area (Å²) < 4.78 is 30.4. The molecule has 11 heteroatoms. The fourth-order valence-corrected chi connectivity index (χ4v) is 5.59. The summed E-state index contributed by atoms with van der Waals surface area (Å²) in [5.41, 5.74) is 1.57. The van der Waals surface area contributed by atoms with Crippen LogP contribution in [-0.4, -0.2) is 26.7 Å². The monoisotopic (exact) mass is 664 g/mol. The molecule has 0 unspecified atom stereocenters. The van der Waals surface area contributed by atoms with Crippen molar-refractivity contribution < 1.29 is 22.7 Å². The Morgan fingerprint density at radius 2 is 1.73 bits per heavy atom. The van der Waals surface area contributed by atoms with E-state index < -0.39 is 22.5 Å². The number of carbonyl (C=O) groups is 2. The third kappa shape index (κ3) is 6.39. The number of halogens is 3. The largest absolute Gasteiger partial charge is 0.483 e. The number of primary sulfonamides is 1. The summed E-state index contributed by atoms with van der Waals surface area (Å²) in [6, 6.07) is 18.0. The SMILES string of the molecule is Cc1cc(S(N)(=O)=O)ccc1NC(=O)COc1ccc2cc(Br)ccc2c1C(=O)c1cc(Cl)cc(Br)c1. The van der Waals surface area contributed by atoms with E-state index in [1.165, 1.54) is 18.2 Å². The quantitative estimate of drug-likeness (QED) is 0.227. The normalized spacial score (nSPS) is 11.4. The predicted octanol–water partition coefficient (Wildman–Crippen LogP) is 6.22. The van der Waals surface area contributed by atoms with Crippen molar-refractivity contribution in [3.8, 4) is 5.75 Å². The summed E-state index contributed by atoms with van der Waals surface area (Å²) in [4.78, 5) is 26.2. The van der Waals surface area contributed by atoms with Gasteiger partial charge in [0.1, 0.15) is 5.75 Å². The van der Waals surface area contributed by atoms with E-state index in [-0.39, 0.29) is 16.4 Å². The molecule has 7 nitrogen and oxygen atoms in total. The highest BCUT2D eigenvalue weighted by atomic mass is 79.9. The molecule has 4 rings (SSSR count). The molecule has 37 heavy (non-hydrogen) atoms. The average molecular weight is 667 g/mol. The zero-order valence-electron chi connectivity index (χ0n) is 19.2. The first-order chi connectivity index (χ1) is 17.4. The van der Waals surface area contributed by atoms with Crippen molar-refractivity contribution in [1.82, 2.24) is 0 Å². The molecular weight excluding hydrogens is 648 g/mol. The Bertz CT molecular complexity index is 1660. The Morgan fingerprint density at radius 3 is 2.41 bits per heavy atom. The van der Waals surface area contributed by atoms with Crippen LogP contribution < -0.4 is 15.2 Å². The number of benzene rings is 4. The molecule has 0 spiro atoms. The third-order valence-corrected chi connectivity index (χ3v) is 7.53. The van der Waals surface area contributed by atoms with Crippen molar-refractivity contribution in [1.29, 1.82) is 0 Å². The molecular formula is C26H19Br2ClN2O5S. The molecule has 4 aromatic carbocycles. The smallest absolute Gasteiger partial charge is 0.262 e. The average Bonchev–Trinajstić information content (AvgIpc) is 2.81. The van der Waals surface area contributed by atoms with Gasteiger partial charge in [0, 0.05) is 25.2 Å². The first-order valence-corrected chi connectivity index (χ1v) is 14.2. The number of nitrogens with one attached hydrogen (secondary N) is 1. The fourth-order valence-electron chi connectivity index (χ4n) is 3.75. The van der Waals surface area contributed by atoms with Crippen molar-refractivity contribution in [3.05, 3.63) is 97.4 Å². The van der Waals surface area contributed by atoms with Crippen LogP contribution in [0.1, 0.15) is 21.5 Å². The summed E-state index contributed by atoms with van der Waals surface area (Å²) in [6.45, 7) is 1.25. The van der Waals surface area contributed by atoms with Crippen LogP contribution in [0.5, 0.6) is 5.75 Å². The van der Waals surface area contributed by atoms with E-state index in [1.807, 2.05) is 12.1 Å². The van der Waals surface area contributed by atoms with E-state index in [9.17, 15) is 18.0 Å². The number of ether oxygens (including phenoxy) is 1. The molecule has 0 saturated carbocycles. The first-order valence-electron chi connectivity index (χ1n) is 10.7. The summed E-state index contributed by atoms with van der Waals surface area (Å²) >= 11 is 13.0. The second kappa shape index (κ2) is 10.9. The zero-order chi connectivity index (χ0) is 26.9. The van der Waals surface area contributed by atoms with Crippen LogP contribution in [-0.2, 0) is 14.8 Å². The molecule has 0 aliphatic heterocycles. The Hall–Kier alpha value is -2.76. The van der Waals surface area contributed by atoms with Crippen molar-refractivity contribution in [3.63, 3.8) is 0 Å². The highest BCUT2D eigenvalue weighted by molar-refractivity contribution is 9.10. The van der Waals surface area contributed by atoms with Gasteiger partial charge in [-0.05, 0) is 77.9 Å². The molecule has 3 N–H and O–H groups in total. The highest BCUT2D eigenvalue weighted by Gasteiger charge is 2.21. The summed E-state index contributed by atoms with van der Waals surface area (Å²) in [5, 5.41) is 9.69. The second-order valence-corrected chi connectivity index (χ2v) is 12.0. The number of anilines is 1. The molecule has 0 aliphatic carbocycles. The van der Waals surface area contributed by atoms with Gasteiger partial charge in [-0.3, -0.25) is 9.59 Å². The van der Waals surface area contributed by atoms with Crippen LogP contribution in [0.25, 0.3) is 10.8 Å². The molecule has 1 amide bonds. The number of amides is 1. The van der Waals surface area contributed by atoms with Crippen molar-refractivity contribution >= 4 is 81.6 Å². The van der Waals surface area contributed by atoms with Gasteiger partial charge >= 0.3 is 0 Å². The van der Waals surface area contributed by atoms with Gasteiger partial charge in [0.15, 0.2) is 12.4 Å². The van der Waals surface area contributed by atoms with E-state index in [0.717, 1.165) is 9.86 Å². The van der Waals surface area contributed by atoms with Crippen LogP contribution in [0.15, 0.2) is 80.6 Å². The van der Waals surface area contributed by atoms with Crippen LogP contribution in [0.3, 0.4) is 0 Å². The second-order valence-electron chi connectivity index (χ2n) is 8.15. The number of sulfonamides is 1. The maximum atomic E-state index is 13.6. The van der Waals surface area contributed by atoms with Crippen molar-refractivity contribution in [2.75, 3.05) is 11.9 Å². The number of hydrogen-bond donors (Lipinski definition) is 2. The molecule has 0 saturated heterocycles. The van der Waals surface area contributed by atoms with Gasteiger partial charge in [0.05, 0.1) is 10.5 Å². The van der Waals surface area contributed by atoms with Gasteiger partial charge in [0.25, 0.3) is 5.91 Å². The standard InChI is InChI=1S/C26H19Br2ClN2O5S/c1-14-8-20(37(30,34)35)4-6-22(14)31-24(32)13-36-23-7-2-15-9-17(27)3-5-21(15)25(23)26(33)16-10-18(28)12-19(29)11-16/h2-12H,13H2,1H3,(H,31,32)(H2,30,34,35). The minimum atomic E-state index is -3.86. The summed E-state index contributed by atoms with van der Waals surface area (Å²) in [5.74, 6) is -0.584. The Morgan fingerprint density at radius 1 is 0.973 bits per heavy atom. The zero-order valence-corrected chi connectivity index (χ0v) is 24.0. The number of carbonyl (C=O) groups excluding carboxylic acids is 2. The number of fused-ring (bicyclic) bond motifs is 1. The summed E-state index contributed by atoms with van der Waals surface area (Å²) in [6.07, 6.45) is 0. The van der Waals surface area contributed by atoms with Gasteiger partial charge < -0.3 is 10.1 Å². The number of hydrogen-bond acceptors (Lipinski definition) is 5. The third-order valence-electron chi connectivity index (χ3n) is 5.45. The topological polar surface area (TPSA) is 116 Å². The van der Waals surface area contributed by atoms with E-state index >= 15 is 0 Å². The lowest BCUT2D eigenvalue weighted by Crippen LogP contribution is -2.21. The lowest BCUT2D eigenvalue weighted by Gasteiger charge is -2.15. The Balaban J connectivity index is 1.64. The van der Waals surface area contributed by atoms with Crippen molar-refractivity contribution in [2.45, 2.75) is 11.8 Å². The van der Waals surface area contributed by atoms with Crippen LogP contribution in [0.2, 0.25) is 5.02 Å². The maximum absolute atomic E-state index is 13.6. The van der Waals surface area contributed by atoms with Gasteiger partial charge in [-0.15, -0.1) is 0 Å². The van der Waals surface area contributed by atoms with E-state index in [0.29, 0.717) is 37.3 Å². The molecule has 0 radical (unpaired) electrons. The predicted molar refractivity (Wildman–Crippen MR) is 151 cm³/mol. The van der Waals surface area contributed by atoms with Gasteiger partial charge in [-0.25, -0.2) is 13.6 Å². The maximum Gasteiger partial charge on any atom is 0.262 e. The summed E-state index contributed by atoms with van der Waals surface area (Å²) in [7, 11) is -3.86. The minimum absolute atomic E-state index is 0.0575. The Kier molecular flexibility index (Phi) is 8.05. The first kappa shape index (κ1) is 27.3. The minimum Gasteiger partial charge on any atom is -0.483 e. The van der Waals surface area contributed by atoms with E-state index in [1.54, 1.807) is 43.3 Å². The molecule has 0 aliphatic rings. The van der Waals surface area contributed by atoms with E-state index in [4.69, 9.17) is 21.5 Å². The number of ketones is 1. The highest BCUT2D eigenvalue weighted by Crippen LogP contribution is 2.33. The molecule has 0 heterocycles. The van der Waals surface area contributed by atoms with Gasteiger partial charge in [0.2, 0.25) is 10.0 Å². The number of aryl methyl sites for hydroxylation is 1. The molecule has 0 aromatic heterocycles. The molecule has 4 aromatic rings. The molecule has 190 valence electrons. The van der Waals surface area contributed by atoms with Crippen molar-refractivity contribution in [2.24, 2.45) is 5.14 Å². The van der Waals surface area contributed by atoms with Crippen LogP contribution in [0.4, 0.5) is 5.69 Å².